The van der Waals surface area contributed by atoms with Gasteiger partial charge in [0.25, 0.3) is 0 Å². The summed E-state index contributed by atoms with van der Waals surface area (Å²) in [6.07, 6.45) is 0.216. The van der Waals surface area contributed by atoms with Crippen LogP contribution < -0.4 is 14.5 Å². The SMILES string of the molecule is CCC(O)CN(CC(=O)N1CCN(c2ccc(OC)cc2)CC1)c1ccccc1. The van der Waals surface area contributed by atoms with Gasteiger partial charge in [0.2, 0.25) is 5.91 Å². The van der Waals surface area contributed by atoms with Gasteiger partial charge in [-0.2, -0.15) is 0 Å². The summed E-state index contributed by atoms with van der Waals surface area (Å²) in [5.41, 5.74) is 2.11. The number of carbonyl (C=O) groups is 1. The second-order valence-electron chi connectivity index (χ2n) is 7.34. The minimum Gasteiger partial charge on any atom is -0.497 e. The number of aliphatic hydroxyl groups excluding tert-OH is 1. The Kier molecular flexibility index (Phi) is 7.36. The van der Waals surface area contributed by atoms with Gasteiger partial charge in [-0.3, -0.25) is 4.79 Å². The number of carbonyl (C=O) groups excluding carboxylic acids is 1. The number of ether oxygens (including phenoxy) is 1. The van der Waals surface area contributed by atoms with Crippen molar-refractivity contribution in [2.24, 2.45) is 0 Å². The standard InChI is InChI=1S/C23H31N3O3/c1-3-21(27)17-26(19-7-5-4-6-8-19)18-23(28)25-15-13-24(14-16-25)20-9-11-22(29-2)12-10-20/h4-12,21,27H,3,13-18H2,1-2H3. The molecule has 1 N–H and O–H groups in total. The van der Waals surface area contributed by atoms with Crippen molar-refractivity contribution >= 4 is 17.3 Å². The number of benzene rings is 2. The number of methoxy groups -OCH3 is 1. The maximum Gasteiger partial charge on any atom is 0.242 e. The first-order chi connectivity index (χ1) is 14.1. The average molecular weight is 398 g/mol. The highest BCUT2D eigenvalue weighted by Crippen LogP contribution is 2.21. The molecule has 0 saturated carbocycles. The first kappa shape index (κ1) is 21.0. The average Bonchev–Trinajstić information content (AvgIpc) is 2.79. The molecule has 6 nitrogen and oxygen atoms in total. The summed E-state index contributed by atoms with van der Waals surface area (Å²) in [6.45, 7) is 5.70. The van der Waals surface area contributed by atoms with Crippen LogP contribution in [0, 0.1) is 0 Å². The van der Waals surface area contributed by atoms with Crippen LogP contribution in [-0.4, -0.2) is 68.4 Å². The van der Waals surface area contributed by atoms with Crippen LogP contribution in [0.1, 0.15) is 13.3 Å². The molecule has 0 aliphatic carbocycles. The van der Waals surface area contributed by atoms with E-state index in [0.29, 0.717) is 26.1 Å². The molecule has 1 aliphatic heterocycles. The minimum absolute atomic E-state index is 0.103. The van der Waals surface area contributed by atoms with Crippen molar-refractivity contribution in [2.45, 2.75) is 19.4 Å². The van der Waals surface area contributed by atoms with E-state index < -0.39 is 6.10 Å². The Labute approximate surface area is 173 Å². The van der Waals surface area contributed by atoms with Crippen LogP contribution in [0.3, 0.4) is 0 Å². The third kappa shape index (κ3) is 5.64. The zero-order chi connectivity index (χ0) is 20.6. The number of nitrogens with zero attached hydrogens (tertiary/aromatic N) is 3. The Balaban J connectivity index is 1.58. The number of hydrogen-bond acceptors (Lipinski definition) is 5. The number of aliphatic hydroxyl groups is 1. The quantitative estimate of drug-likeness (QED) is 0.742. The van der Waals surface area contributed by atoms with Gasteiger partial charge in [0, 0.05) is 44.1 Å². The zero-order valence-corrected chi connectivity index (χ0v) is 17.3. The Morgan fingerprint density at radius 3 is 2.31 bits per heavy atom. The largest absolute Gasteiger partial charge is 0.497 e. The molecule has 1 amide bonds. The van der Waals surface area contributed by atoms with E-state index in [-0.39, 0.29) is 12.5 Å². The number of hydrogen-bond donors (Lipinski definition) is 1. The van der Waals surface area contributed by atoms with Gasteiger partial charge in [-0.25, -0.2) is 0 Å². The second-order valence-corrected chi connectivity index (χ2v) is 7.34. The van der Waals surface area contributed by atoms with Crippen LogP contribution in [0.4, 0.5) is 11.4 Å². The zero-order valence-electron chi connectivity index (χ0n) is 17.3. The minimum atomic E-state index is -0.449. The van der Waals surface area contributed by atoms with Crippen molar-refractivity contribution in [2.75, 3.05) is 56.2 Å². The topological polar surface area (TPSA) is 56.2 Å². The molecule has 156 valence electrons. The van der Waals surface area contributed by atoms with E-state index in [1.54, 1.807) is 7.11 Å². The molecule has 0 bridgehead atoms. The highest BCUT2D eigenvalue weighted by molar-refractivity contribution is 5.81. The van der Waals surface area contributed by atoms with E-state index in [2.05, 4.69) is 17.0 Å². The first-order valence-corrected chi connectivity index (χ1v) is 10.3. The molecule has 2 aromatic rings. The third-order valence-electron chi connectivity index (χ3n) is 5.42. The second kappa shape index (κ2) is 10.2. The van der Waals surface area contributed by atoms with Crippen LogP contribution in [0.15, 0.2) is 54.6 Å². The number of rotatable bonds is 8. The fourth-order valence-corrected chi connectivity index (χ4v) is 3.55. The molecular weight excluding hydrogens is 366 g/mol. The van der Waals surface area contributed by atoms with Crippen LogP contribution in [0.5, 0.6) is 5.75 Å². The lowest BCUT2D eigenvalue weighted by molar-refractivity contribution is -0.130. The lowest BCUT2D eigenvalue weighted by Crippen LogP contribution is -2.52. The van der Waals surface area contributed by atoms with Gasteiger partial charge in [0.1, 0.15) is 5.75 Å². The number of piperazine rings is 1. The van der Waals surface area contributed by atoms with Gasteiger partial charge < -0.3 is 24.5 Å². The first-order valence-electron chi connectivity index (χ1n) is 10.3. The van der Waals surface area contributed by atoms with Crippen LogP contribution in [0.2, 0.25) is 0 Å². The maximum atomic E-state index is 12.9. The predicted molar refractivity (Wildman–Crippen MR) is 117 cm³/mol. The molecule has 1 heterocycles. The Morgan fingerprint density at radius 1 is 1.07 bits per heavy atom. The van der Waals surface area contributed by atoms with Gasteiger partial charge in [-0.1, -0.05) is 25.1 Å². The maximum absolute atomic E-state index is 12.9. The Bertz CT molecular complexity index is 759. The van der Waals surface area contributed by atoms with E-state index in [1.807, 2.05) is 59.2 Å². The molecule has 29 heavy (non-hydrogen) atoms. The number of anilines is 2. The molecule has 1 saturated heterocycles. The molecule has 2 aromatic carbocycles. The van der Waals surface area contributed by atoms with Gasteiger partial charge >= 0.3 is 0 Å². The number of amides is 1. The summed E-state index contributed by atoms with van der Waals surface area (Å²) >= 11 is 0. The fourth-order valence-electron chi connectivity index (χ4n) is 3.55. The lowest BCUT2D eigenvalue weighted by Gasteiger charge is -2.37. The summed E-state index contributed by atoms with van der Waals surface area (Å²) in [4.78, 5) is 19.1. The molecule has 1 aliphatic rings. The Morgan fingerprint density at radius 2 is 1.72 bits per heavy atom. The highest BCUT2D eigenvalue weighted by Gasteiger charge is 2.24. The van der Waals surface area contributed by atoms with E-state index >= 15 is 0 Å². The monoisotopic (exact) mass is 397 g/mol. The highest BCUT2D eigenvalue weighted by atomic mass is 16.5. The Hall–Kier alpha value is -2.73. The van der Waals surface area contributed by atoms with Crippen molar-refractivity contribution in [1.29, 1.82) is 0 Å². The van der Waals surface area contributed by atoms with Crippen LogP contribution in [-0.2, 0) is 4.79 Å². The summed E-state index contributed by atoms with van der Waals surface area (Å²) in [5.74, 6) is 0.948. The van der Waals surface area contributed by atoms with Crippen LogP contribution in [0.25, 0.3) is 0 Å². The molecule has 1 atom stereocenters. The summed E-state index contributed by atoms with van der Waals surface area (Å²) in [7, 11) is 1.66. The van der Waals surface area contributed by atoms with Gasteiger partial charge in [-0.15, -0.1) is 0 Å². The normalized spacial score (nSPS) is 15.1. The van der Waals surface area contributed by atoms with Gasteiger partial charge in [-0.05, 0) is 42.8 Å². The molecule has 0 spiro atoms. The van der Waals surface area contributed by atoms with Crippen molar-refractivity contribution < 1.29 is 14.6 Å². The molecule has 3 rings (SSSR count). The van der Waals surface area contributed by atoms with E-state index in [4.69, 9.17) is 4.74 Å². The third-order valence-corrected chi connectivity index (χ3v) is 5.42. The molecular formula is C23H31N3O3. The van der Waals surface area contributed by atoms with Crippen molar-refractivity contribution in [3.63, 3.8) is 0 Å². The van der Waals surface area contributed by atoms with Crippen molar-refractivity contribution in [3.8, 4) is 5.75 Å². The molecule has 0 radical (unpaired) electrons. The number of para-hydroxylation sites is 1. The van der Waals surface area contributed by atoms with E-state index in [0.717, 1.165) is 30.2 Å². The molecule has 6 heteroatoms. The van der Waals surface area contributed by atoms with Gasteiger partial charge in [0.05, 0.1) is 19.8 Å². The predicted octanol–water partition coefficient (Wildman–Crippen LogP) is 2.62. The lowest BCUT2D eigenvalue weighted by atomic mass is 10.2. The van der Waals surface area contributed by atoms with Gasteiger partial charge in [0.15, 0.2) is 0 Å². The summed E-state index contributed by atoms with van der Waals surface area (Å²) in [6, 6.07) is 17.9. The fraction of sp³-hybridized carbons (Fsp3) is 0.435. The van der Waals surface area contributed by atoms with E-state index in [9.17, 15) is 9.90 Å². The molecule has 1 fully saturated rings. The summed E-state index contributed by atoms with van der Waals surface area (Å²) < 4.78 is 5.22. The smallest absolute Gasteiger partial charge is 0.242 e. The molecule has 0 aromatic heterocycles. The van der Waals surface area contributed by atoms with Crippen molar-refractivity contribution in [3.05, 3.63) is 54.6 Å². The summed E-state index contributed by atoms with van der Waals surface area (Å²) in [5, 5.41) is 10.1. The van der Waals surface area contributed by atoms with E-state index in [1.165, 1.54) is 0 Å². The molecule has 1 unspecified atom stereocenters. The van der Waals surface area contributed by atoms with Crippen LogP contribution >= 0.6 is 0 Å². The van der Waals surface area contributed by atoms with Crippen molar-refractivity contribution in [1.82, 2.24) is 4.90 Å².